The minimum absolute atomic E-state index is 0.0516. The van der Waals surface area contributed by atoms with Gasteiger partial charge in [-0.25, -0.2) is 8.42 Å². The molecular formula is C16H20N2O4S. The number of hydrogen-bond donors (Lipinski definition) is 1. The van der Waals surface area contributed by atoms with Crippen molar-refractivity contribution in [2.45, 2.75) is 44.0 Å². The molecule has 1 aromatic carbocycles. The fraction of sp³-hybridized carbons (Fsp3) is 0.500. The van der Waals surface area contributed by atoms with Gasteiger partial charge in [-0.15, -0.1) is 0 Å². The number of carbonyl (C=O) groups is 1. The Morgan fingerprint density at radius 1 is 1.30 bits per heavy atom. The molecule has 1 amide bonds. The number of carbonyl (C=O) groups excluding carboxylic acids is 1. The number of nitriles is 1. The molecule has 1 saturated heterocycles. The summed E-state index contributed by atoms with van der Waals surface area (Å²) in [6.45, 7) is 0.712. The molecule has 6 nitrogen and oxygen atoms in total. The third-order valence-corrected chi connectivity index (χ3v) is 4.93. The number of sulfonamides is 1. The largest absolute Gasteiger partial charge is 0.378 e. The highest BCUT2D eigenvalue weighted by Crippen LogP contribution is 2.17. The van der Waals surface area contributed by atoms with E-state index in [1.807, 2.05) is 6.07 Å². The number of nitrogens with one attached hydrogen (secondary N) is 1. The highest BCUT2D eigenvalue weighted by molar-refractivity contribution is 7.89. The number of benzene rings is 1. The van der Waals surface area contributed by atoms with Gasteiger partial charge in [-0.2, -0.15) is 5.26 Å². The first kappa shape index (κ1) is 17.4. The van der Waals surface area contributed by atoms with Gasteiger partial charge in [0.25, 0.3) is 0 Å². The summed E-state index contributed by atoms with van der Waals surface area (Å²) in [6.07, 6.45) is 3.78. The second-order valence-electron chi connectivity index (χ2n) is 5.62. The second-order valence-corrected chi connectivity index (χ2v) is 7.34. The van der Waals surface area contributed by atoms with Crippen molar-refractivity contribution in [3.05, 3.63) is 35.4 Å². The maximum absolute atomic E-state index is 12.0. The van der Waals surface area contributed by atoms with Gasteiger partial charge in [0.05, 0.1) is 23.5 Å². The summed E-state index contributed by atoms with van der Waals surface area (Å²) < 4.78 is 31.6. The van der Waals surface area contributed by atoms with Crippen molar-refractivity contribution in [2.24, 2.45) is 0 Å². The summed E-state index contributed by atoms with van der Waals surface area (Å²) in [7, 11) is -3.73. The Balaban J connectivity index is 1.82. The monoisotopic (exact) mass is 336 g/mol. The molecule has 0 unspecified atom stereocenters. The zero-order chi connectivity index (χ0) is 16.7. The number of nitrogens with zero attached hydrogens (tertiary/aromatic N) is 1. The Labute approximate surface area is 136 Å². The summed E-state index contributed by atoms with van der Waals surface area (Å²) in [5, 5.41) is 8.71. The van der Waals surface area contributed by atoms with Crippen LogP contribution in [0.25, 0.3) is 0 Å². The van der Waals surface area contributed by atoms with E-state index in [-0.39, 0.29) is 18.3 Å². The topological polar surface area (TPSA) is 96.3 Å². The van der Waals surface area contributed by atoms with Gasteiger partial charge in [0, 0.05) is 13.0 Å². The Morgan fingerprint density at radius 3 is 2.65 bits per heavy atom. The summed E-state index contributed by atoms with van der Waals surface area (Å²) >= 11 is 0. The van der Waals surface area contributed by atoms with E-state index in [2.05, 4.69) is 4.72 Å². The second kappa shape index (κ2) is 8.09. The van der Waals surface area contributed by atoms with E-state index in [9.17, 15) is 13.2 Å². The number of hydrogen-bond acceptors (Lipinski definition) is 5. The molecule has 0 radical (unpaired) electrons. The minimum atomic E-state index is -3.73. The van der Waals surface area contributed by atoms with Crippen LogP contribution in [0.1, 0.15) is 43.2 Å². The van der Waals surface area contributed by atoms with Crippen LogP contribution in [0.3, 0.4) is 0 Å². The third-order valence-electron chi connectivity index (χ3n) is 3.68. The fourth-order valence-electron chi connectivity index (χ4n) is 2.48. The highest BCUT2D eigenvalue weighted by Gasteiger charge is 2.19. The maximum Gasteiger partial charge on any atom is 0.239 e. The van der Waals surface area contributed by atoms with Crippen molar-refractivity contribution in [3.63, 3.8) is 0 Å². The predicted octanol–water partition coefficient (Wildman–Crippen LogP) is 1.85. The van der Waals surface area contributed by atoms with Crippen LogP contribution in [-0.2, 0) is 25.3 Å². The average molecular weight is 336 g/mol. The van der Waals surface area contributed by atoms with Crippen LogP contribution in [0.2, 0.25) is 0 Å². The molecule has 23 heavy (non-hydrogen) atoms. The third kappa shape index (κ3) is 6.00. The Kier molecular flexibility index (Phi) is 6.13. The first-order chi connectivity index (χ1) is 11.0. The van der Waals surface area contributed by atoms with Gasteiger partial charge < -0.3 is 4.74 Å². The van der Waals surface area contributed by atoms with Gasteiger partial charge in [0.1, 0.15) is 0 Å². The van der Waals surface area contributed by atoms with Crippen molar-refractivity contribution in [1.29, 1.82) is 5.26 Å². The Morgan fingerprint density at radius 2 is 2.04 bits per heavy atom. The van der Waals surface area contributed by atoms with Gasteiger partial charge in [0.2, 0.25) is 15.9 Å². The normalized spacial score (nSPS) is 18.1. The molecule has 2 rings (SSSR count). The summed E-state index contributed by atoms with van der Waals surface area (Å²) in [6, 6.07) is 8.20. The molecule has 1 aliphatic rings. The predicted molar refractivity (Wildman–Crippen MR) is 84.7 cm³/mol. The van der Waals surface area contributed by atoms with Crippen LogP contribution < -0.4 is 4.72 Å². The molecule has 124 valence electrons. The molecule has 1 heterocycles. The lowest BCUT2D eigenvalue weighted by molar-refractivity contribution is -0.120. The lowest BCUT2D eigenvalue weighted by Crippen LogP contribution is -2.32. The van der Waals surface area contributed by atoms with Crippen LogP contribution in [0.4, 0.5) is 0 Å². The van der Waals surface area contributed by atoms with Gasteiger partial charge in [-0.3, -0.25) is 9.52 Å². The summed E-state index contributed by atoms with van der Waals surface area (Å²) in [5.41, 5.74) is 0.988. The Hall–Kier alpha value is -1.91. The molecule has 0 aromatic heterocycles. The zero-order valence-corrected chi connectivity index (χ0v) is 13.6. The van der Waals surface area contributed by atoms with Crippen LogP contribution >= 0.6 is 0 Å². The van der Waals surface area contributed by atoms with E-state index < -0.39 is 15.9 Å². The molecule has 1 N–H and O–H groups in total. The van der Waals surface area contributed by atoms with Crippen molar-refractivity contribution in [1.82, 2.24) is 4.72 Å². The number of ether oxygens (including phenoxy) is 1. The fourth-order valence-corrected chi connectivity index (χ4v) is 3.64. The Bertz CT molecular complexity index is 671. The molecule has 1 aliphatic heterocycles. The van der Waals surface area contributed by atoms with Gasteiger partial charge in [-0.05, 0) is 43.4 Å². The minimum Gasteiger partial charge on any atom is -0.378 e. The van der Waals surface area contributed by atoms with E-state index in [0.717, 1.165) is 19.3 Å². The van der Waals surface area contributed by atoms with Gasteiger partial charge in [-0.1, -0.05) is 12.1 Å². The van der Waals surface area contributed by atoms with Gasteiger partial charge >= 0.3 is 0 Å². The smallest absolute Gasteiger partial charge is 0.239 e. The van der Waals surface area contributed by atoms with Crippen LogP contribution in [0.15, 0.2) is 24.3 Å². The van der Waals surface area contributed by atoms with Crippen molar-refractivity contribution >= 4 is 15.9 Å². The quantitative estimate of drug-likeness (QED) is 0.855. The van der Waals surface area contributed by atoms with E-state index in [1.165, 1.54) is 0 Å². The van der Waals surface area contributed by atoms with Crippen molar-refractivity contribution in [3.8, 4) is 6.07 Å². The maximum atomic E-state index is 12.0. The van der Waals surface area contributed by atoms with Crippen LogP contribution in [0, 0.1) is 11.3 Å². The molecule has 1 atom stereocenters. The van der Waals surface area contributed by atoms with E-state index in [0.29, 0.717) is 24.2 Å². The van der Waals surface area contributed by atoms with Gasteiger partial charge in [0.15, 0.2) is 0 Å². The van der Waals surface area contributed by atoms with E-state index in [4.69, 9.17) is 10.00 Å². The van der Waals surface area contributed by atoms with Crippen LogP contribution in [-0.4, -0.2) is 27.0 Å². The van der Waals surface area contributed by atoms with Crippen LogP contribution in [0.5, 0.6) is 0 Å². The first-order valence-corrected chi connectivity index (χ1v) is 9.28. The molecular weight excluding hydrogens is 316 g/mol. The first-order valence-electron chi connectivity index (χ1n) is 7.62. The molecule has 7 heteroatoms. The lowest BCUT2D eigenvalue weighted by Gasteiger charge is -2.22. The number of rotatable bonds is 6. The summed E-state index contributed by atoms with van der Waals surface area (Å²) in [5.74, 6) is -0.794. The molecule has 0 aliphatic carbocycles. The van der Waals surface area contributed by atoms with E-state index in [1.54, 1.807) is 24.3 Å². The molecule has 0 spiro atoms. The van der Waals surface area contributed by atoms with Crippen molar-refractivity contribution in [2.75, 3.05) is 6.61 Å². The highest BCUT2D eigenvalue weighted by atomic mass is 32.2. The SMILES string of the molecule is N#Cc1ccc(CS(=O)(=O)NC(=O)CC[C@H]2CCCCO2)cc1. The summed E-state index contributed by atoms with van der Waals surface area (Å²) in [4.78, 5) is 11.8. The van der Waals surface area contributed by atoms with E-state index >= 15 is 0 Å². The molecule has 0 saturated carbocycles. The number of amides is 1. The molecule has 1 fully saturated rings. The lowest BCUT2D eigenvalue weighted by atomic mass is 10.0. The molecule has 1 aromatic rings. The standard InChI is InChI=1S/C16H20N2O4S/c17-11-13-4-6-14(7-5-13)12-23(20,21)18-16(19)9-8-15-3-1-2-10-22-15/h4-7,15H,1-3,8-10,12H2,(H,18,19)/t15-/m1/s1. The molecule has 0 bridgehead atoms. The van der Waals surface area contributed by atoms with Crippen molar-refractivity contribution < 1.29 is 17.9 Å². The average Bonchev–Trinajstić information content (AvgIpc) is 2.54. The zero-order valence-electron chi connectivity index (χ0n) is 12.8.